The molecule has 0 radical (unpaired) electrons. The van der Waals surface area contributed by atoms with Crippen LogP contribution >= 0.6 is 11.3 Å². The van der Waals surface area contributed by atoms with Crippen LogP contribution in [-0.4, -0.2) is 30.8 Å². The van der Waals surface area contributed by atoms with Gasteiger partial charge in [0.15, 0.2) is 6.29 Å². The molecule has 0 unspecified atom stereocenters. The first-order chi connectivity index (χ1) is 9.20. The fourth-order valence-electron chi connectivity index (χ4n) is 1.92. The van der Waals surface area contributed by atoms with E-state index in [4.69, 9.17) is 0 Å². The fourth-order valence-corrected chi connectivity index (χ4v) is 2.86. The largest absolute Gasteiger partial charge is 0.296 e. The van der Waals surface area contributed by atoms with Gasteiger partial charge in [0.25, 0.3) is 0 Å². The van der Waals surface area contributed by atoms with E-state index in [1.54, 1.807) is 12.3 Å². The third kappa shape index (κ3) is 1.88. The van der Waals surface area contributed by atoms with E-state index in [9.17, 15) is 4.79 Å². The van der Waals surface area contributed by atoms with Crippen LogP contribution in [0.1, 0.15) is 21.9 Å². The van der Waals surface area contributed by atoms with E-state index < -0.39 is 0 Å². The van der Waals surface area contributed by atoms with E-state index in [1.165, 1.54) is 16.0 Å². The molecule has 19 heavy (non-hydrogen) atoms. The molecule has 6 nitrogen and oxygen atoms in total. The number of aryl methyl sites for hydroxylation is 2. The Hall–Kier alpha value is -2.28. The second kappa shape index (κ2) is 4.43. The van der Waals surface area contributed by atoms with Crippen LogP contribution in [0.5, 0.6) is 0 Å². The first-order valence-corrected chi connectivity index (χ1v) is 6.51. The zero-order chi connectivity index (χ0) is 13.4. The number of aldehydes is 1. The van der Waals surface area contributed by atoms with Gasteiger partial charge in [0.1, 0.15) is 5.69 Å². The minimum Gasteiger partial charge on any atom is -0.296 e. The quantitative estimate of drug-likeness (QED) is 0.684. The molecule has 0 aliphatic rings. The van der Waals surface area contributed by atoms with Crippen LogP contribution in [0.15, 0.2) is 24.4 Å². The summed E-state index contributed by atoms with van der Waals surface area (Å²) in [6.07, 6.45) is 2.32. The molecule has 0 amide bonds. The van der Waals surface area contributed by atoms with Crippen molar-refractivity contribution in [3.63, 3.8) is 0 Å². The molecule has 7 heteroatoms. The van der Waals surface area contributed by atoms with Crippen molar-refractivity contribution < 1.29 is 4.79 Å². The minimum atomic E-state index is 0.462. The van der Waals surface area contributed by atoms with E-state index in [0.29, 0.717) is 10.8 Å². The van der Waals surface area contributed by atoms with Gasteiger partial charge in [0.05, 0.1) is 6.20 Å². The Morgan fingerprint density at radius 1 is 1.11 bits per heavy atom. The van der Waals surface area contributed by atoms with Crippen molar-refractivity contribution in [3.8, 4) is 10.3 Å². The zero-order valence-electron chi connectivity index (χ0n) is 10.4. The van der Waals surface area contributed by atoms with Crippen LogP contribution in [0.2, 0.25) is 0 Å². The van der Waals surface area contributed by atoms with Crippen molar-refractivity contribution in [2.45, 2.75) is 13.8 Å². The molecule has 0 atom stereocenters. The van der Waals surface area contributed by atoms with Gasteiger partial charge in [0.2, 0.25) is 10.3 Å². The topological polar surface area (TPSA) is 65.6 Å². The molecule has 3 aromatic heterocycles. The highest BCUT2D eigenvalue weighted by molar-refractivity contribution is 7.16. The summed E-state index contributed by atoms with van der Waals surface area (Å²) in [6.45, 7) is 4.03. The third-order valence-corrected chi connectivity index (χ3v) is 3.72. The maximum atomic E-state index is 10.9. The Bertz CT molecular complexity index is 719. The summed E-state index contributed by atoms with van der Waals surface area (Å²) < 4.78 is 3.51. The number of aromatic nitrogens is 5. The lowest BCUT2D eigenvalue weighted by Crippen LogP contribution is -2.00. The lowest BCUT2D eigenvalue weighted by molar-refractivity contribution is 0.111. The molecule has 0 bridgehead atoms. The molecule has 0 aliphatic carbocycles. The first-order valence-electron chi connectivity index (χ1n) is 5.69. The number of hydrogen-bond acceptors (Lipinski definition) is 5. The Labute approximate surface area is 113 Å². The maximum Gasteiger partial charge on any atom is 0.235 e. The van der Waals surface area contributed by atoms with Gasteiger partial charge in [-0.3, -0.25) is 9.36 Å². The molecule has 0 N–H and O–H groups in total. The average Bonchev–Trinajstić information content (AvgIpc) is 3.08. The molecule has 0 saturated carbocycles. The van der Waals surface area contributed by atoms with Crippen molar-refractivity contribution >= 4 is 17.6 Å². The number of hydrogen-bond donors (Lipinski definition) is 0. The normalized spacial score (nSPS) is 10.8. The van der Waals surface area contributed by atoms with Crippen LogP contribution in [0.4, 0.5) is 0 Å². The molecule has 96 valence electrons. The zero-order valence-corrected chi connectivity index (χ0v) is 11.3. The van der Waals surface area contributed by atoms with Gasteiger partial charge < -0.3 is 0 Å². The molecule has 0 saturated heterocycles. The Balaban J connectivity index is 2.07. The standard InChI is InChI=1S/C12H11N5OS/c1-8-3-4-9(2)16(8)11-14-15-12(19-11)17-10(7-18)5-6-13-17/h3-7H,1-2H3. The minimum absolute atomic E-state index is 0.462. The smallest absolute Gasteiger partial charge is 0.235 e. The molecule has 0 fully saturated rings. The summed E-state index contributed by atoms with van der Waals surface area (Å²) in [6, 6.07) is 5.70. The molecule has 0 aliphatic heterocycles. The summed E-state index contributed by atoms with van der Waals surface area (Å²) in [7, 11) is 0. The van der Waals surface area contributed by atoms with Crippen molar-refractivity contribution in [3.05, 3.63) is 41.5 Å². The Morgan fingerprint density at radius 2 is 1.79 bits per heavy atom. The van der Waals surface area contributed by atoms with Crippen LogP contribution in [0.3, 0.4) is 0 Å². The highest BCUT2D eigenvalue weighted by Crippen LogP contribution is 2.22. The summed E-state index contributed by atoms with van der Waals surface area (Å²) in [5.74, 6) is 0. The van der Waals surface area contributed by atoms with E-state index in [1.807, 2.05) is 30.5 Å². The van der Waals surface area contributed by atoms with E-state index >= 15 is 0 Å². The molecular formula is C12H11N5OS. The third-order valence-electron chi connectivity index (χ3n) is 2.84. The van der Waals surface area contributed by atoms with Crippen molar-refractivity contribution in [1.82, 2.24) is 24.5 Å². The fraction of sp³-hybridized carbons (Fsp3) is 0.167. The number of rotatable bonds is 3. The van der Waals surface area contributed by atoms with Crippen LogP contribution < -0.4 is 0 Å². The number of carbonyl (C=O) groups excluding carboxylic acids is 1. The lowest BCUT2D eigenvalue weighted by atomic mass is 10.5. The van der Waals surface area contributed by atoms with Crippen LogP contribution in [0.25, 0.3) is 10.3 Å². The van der Waals surface area contributed by atoms with E-state index in [2.05, 4.69) is 15.3 Å². The predicted octanol–water partition coefficient (Wildman–Crippen LogP) is 1.94. The monoisotopic (exact) mass is 273 g/mol. The predicted molar refractivity (Wildman–Crippen MR) is 71.2 cm³/mol. The molecule has 0 spiro atoms. The highest BCUT2D eigenvalue weighted by atomic mass is 32.1. The van der Waals surface area contributed by atoms with E-state index in [0.717, 1.165) is 22.8 Å². The van der Waals surface area contributed by atoms with Gasteiger partial charge in [-0.1, -0.05) is 11.3 Å². The van der Waals surface area contributed by atoms with Gasteiger partial charge in [-0.15, -0.1) is 10.2 Å². The Kier molecular flexibility index (Phi) is 2.75. The second-order valence-electron chi connectivity index (χ2n) is 4.10. The van der Waals surface area contributed by atoms with Gasteiger partial charge in [-0.2, -0.15) is 5.10 Å². The Morgan fingerprint density at radius 3 is 2.47 bits per heavy atom. The van der Waals surface area contributed by atoms with Gasteiger partial charge >= 0.3 is 0 Å². The number of carbonyl (C=O) groups is 1. The van der Waals surface area contributed by atoms with Crippen molar-refractivity contribution in [2.24, 2.45) is 0 Å². The highest BCUT2D eigenvalue weighted by Gasteiger charge is 2.13. The first kappa shape index (κ1) is 11.8. The van der Waals surface area contributed by atoms with E-state index in [-0.39, 0.29) is 0 Å². The number of nitrogens with zero attached hydrogens (tertiary/aromatic N) is 5. The molecule has 3 rings (SSSR count). The van der Waals surface area contributed by atoms with Gasteiger partial charge in [0, 0.05) is 11.4 Å². The van der Waals surface area contributed by atoms with Gasteiger partial charge in [-0.25, -0.2) is 4.68 Å². The summed E-state index contributed by atoms with van der Waals surface area (Å²) in [5, 5.41) is 13.7. The molecular weight excluding hydrogens is 262 g/mol. The molecule has 3 heterocycles. The van der Waals surface area contributed by atoms with Crippen molar-refractivity contribution in [2.75, 3.05) is 0 Å². The van der Waals surface area contributed by atoms with Gasteiger partial charge in [-0.05, 0) is 32.0 Å². The summed E-state index contributed by atoms with van der Waals surface area (Å²) >= 11 is 1.39. The second-order valence-corrected chi connectivity index (χ2v) is 5.04. The maximum absolute atomic E-state index is 10.9. The molecule has 3 aromatic rings. The SMILES string of the molecule is Cc1ccc(C)n1-c1nnc(-n2nccc2C=O)s1. The van der Waals surface area contributed by atoms with Crippen LogP contribution in [-0.2, 0) is 0 Å². The summed E-state index contributed by atoms with van der Waals surface area (Å²) in [5.41, 5.74) is 2.65. The average molecular weight is 273 g/mol. The lowest BCUT2D eigenvalue weighted by Gasteiger charge is -2.02. The molecule has 0 aromatic carbocycles. The van der Waals surface area contributed by atoms with Crippen LogP contribution in [0, 0.1) is 13.8 Å². The summed E-state index contributed by atoms with van der Waals surface area (Å²) in [4.78, 5) is 10.9. The van der Waals surface area contributed by atoms with Crippen molar-refractivity contribution in [1.29, 1.82) is 0 Å².